The molecule has 1 saturated heterocycles. The fourth-order valence-electron chi connectivity index (χ4n) is 6.79. The van der Waals surface area contributed by atoms with Crippen molar-refractivity contribution in [2.75, 3.05) is 20.3 Å². The van der Waals surface area contributed by atoms with Gasteiger partial charge in [0.2, 0.25) is 11.8 Å². The number of thiazole rings is 1. The van der Waals surface area contributed by atoms with Gasteiger partial charge in [-0.05, 0) is 75.2 Å². The van der Waals surface area contributed by atoms with Crippen LogP contribution in [0.5, 0.6) is 5.75 Å². The van der Waals surface area contributed by atoms with Crippen LogP contribution in [0.4, 0.5) is 0 Å². The molecule has 0 bridgehead atoms. The number of carboxylic acid groups (broad SMARTS) is 1. The highest BCUT2D eigenvalue weighted by molar-refractivity contribution is 7.09. The molecule has 3 rings (SSSR count). The minimum Gasteiger partial charge on any atom is -0.508 e. The van der Waals surface area contributed by atoms with Crippen molar-refractivity contribution in [3.05, 3.63) is 45.9 Å². The lowest BCUT2D eigenvalue weighted by molar-refractivity contribution is -0.159. The Morgan fingerprint density at radius 3 is 2.33 bits per heavy atom. The smallest absolute Gasteiger partial charge is 0.307 e. The van der Waals surface area contributed by atoms with Gasteiger partial charge in [-0.15, -0.1) is 11.3 Å². The molecule has 0 unspecified atom stereocenters. The molecule has 0 saturated carbocycles. The summed E-state index contributed by atoms with van der Waals surface area (Å²) >= 11 is 1.08. The molecule has 14 nitrogen and oxygen atoms in total. The minimum absolute atomic E-state index is 0.00937. The number of nitrogens with zero attached hydrogens (tertiary/aromatic N) is 3. The molecule has 1 aliphatic rings. The first kappa shape index (κ1) is 45.3. The number of rotatable bonds is 21. The summed E-state index contributed by atoms with van der Waals surface area (Å²) < 4.78 is 5.60. The van der Waals surface area contributed by atoms with Crippen LogP contribution in [0.15, 0.2) is 29.6 Å². The number of hydrogen-bond donors (Lipinski definition) is 5. The van der Waals surface area contributed by atoms with Gasteiger partial charge in [0.05, 0.1) is 12.0 Å². The van der Waals surface area contributed by atoms with Crippen LogP contribution in [-0.4, -0.2) is 104 Å². The van der Waals surface area contributed by atoms with Crippen LogP contribution in [0, 0.1) is 17.8 Å². The zero-order valence-electron chi connectivity index (χ0n) is 33.3. The second kappa shape index (κ2) is 21.9. The lowest BCUT2D eigenvalue weighted by Gasteiger charge is -2.39. The SMILES string of the molecule is CCCC(=O)OCN(C(=O)[C@@H](NC(=O)[C@H]1CCCCN1C)[C@@H](C)CC)[C@H](C[C@@H](O)c1nc(C(=O)N[C@@H](Cc2ccc(O)cc2)C[C@H](C)C(=O)O)cs1)C(C)C. The first-order valence-corrected chi connectivity index (χ1v) is 20.4. The number of aromatic nitrogens is 1. The highest BCUT2D eigenvalue weighted by atomic mass is 32.1. The first-order chi connectivity index (χ1) is 26.1. The average Bonchev–Trinajstić information content (AvgIpc) is 3.65. The van der Waals surface area contributed by atoms with Gasteiger partial charge < -0.3 is 35.6 Å². The van der Waals surface area contributed by atoms with Crippen molar-refractivity contribution in [1.29, 1.82) is 0 Å². The van der Waals surface area contributed by atoms with Crippen LogP contribution in [-0.2, 0) is 30.3 Å². The number of aromatic hydroxyl groups is 1. The Kier molecular flexibility index (Phi) is 18.0. The summed E-state index contributed by atoms with van der Waals surface area (Å²) in [6.45, 7) is 11.5. The fraction of sp³-hybridized carbons (Fsp3) is 0.650. The number of aliphatic hydroxyl groups excluding tert-OH is 1. The van der Waals surface area contributed by atoms with Gasteiger partial charge in [-0.2, -0.15) is 0 Å². The number of benzene rings is 1. The molecule has 3 amide bonds. The van der Waals surface area contributed by atoms with Crippen molar-refractivity contribution in [2.24, 2.45) is 17.8 Å². The van der Waals surface area contributed by atoms with Gasteiger partial charge >= 0.3 is 11.9 Å². The fourth-order valence-corrected chi connectivity index (χ4v) is 7.59. The number of phenols is 1. The Hall–Kier alpha value is -4.08. The molecule has 5 N–H and O–H groups in total. The Bertz CT molecular complexity index is 1570. The number of piperidine rings is 1. The van der Waals surface area contributed by atoms with Crippen molar-refractivity contribution in [3.8, 4) is 5.75 Å². The molecule has 0 spiro atoms. The summed E-state index contributed by atoms with van der Waals surface area (Å²) in [5.41, 5.74) is 0.846. The molecule has 2 heterocycles. The van der Waals surface area contributed by atoms with Crippen LogP contribution >= 0.6 is 11.3 Å². The number of aliphatic carboxylic acids is 1. The van der Waals surface area contributed by atoms with Gasteiger partial charge in [0.25, 0.3) is 5.91 Å². The van der Waals surface area contributed by atoms with Gasteiger partial charge in [0, 0.05) is 30.3 Å². The van der Waals surface area contributed by atoms with E-state index in [4.69, 9.17) is 4.74 Å². The molecule has 15 heteroatoms. The third kappa shape index (κ3) is 13.6. The van der Waals surface area contributed by atoms with Crippen LogP contribution < -0.4 is 10.6 Å². The summed E-state index contributed by atoms with van der Waals surface area (Å²) in [5.74, 6) is -3.74. The number of nitrogens with one attached hydrogen (secondary N) is 2. The quantitative estimate of drug-likeness (QED) is 0.0853. The molecular weight excluding hydrogens is 727 g/mol. The summed E-state index contributed by atoms with van der Waals surface area (Å²) in [6, 6.07) is 3.99. The molecule has 0 aliphatic carbocycles. The van der Waals surface area contributed by atoms with Gasteiger partial charge in [0.1, 0.15) is 28.6 Å². The van der Waals surface area contributed by atoms with E-state index in [1.54, 1.807) is 19.1 Å². The van der Waals surface area contributed by atoms with Crippen LogP contribution in [0.2, 0.25) is 0 Å². The maximum Gasteiger partial charge on any atom is 0.307 e. The van der Waals surface area contributed by atoms with Crippen molar-refractivity contribution < 1.29 is 44.0 Å². The lowest BCUT2D eigenvalue weighted by Crippen LogP contribution is -2.59. The van der Waals surface area contributed by atoms with E-state index < -0.39 is 53.9 Å². The van der Waals surface area contributed by atoms with E-state index >= 15 is 0 Å². The average molecular weight is 788 g/mol. The number of phenolic OH excluding ortho intramolecular Hbond substituents is 1. The number of hydrogen-bond acceptors (Lipinski definition) is 11. The van der Waals surface area contributed by atoms with E-state index in [1.165, 1.54) is 22.4 Å². The number of amides is 3. The van der Waals surface area contributed by atoms with E-state index in [2.05, 4.69) is 15.6 Å². The monoisotopic (exact) mass is 787 g/mol. The van der Waals surface area contributed by atoms with Crippen LogP contribution in [0.25, 0.3) is 0 Å². The summed E-state index contributed by atoms with van der Waals surface area (Å²) in [5, 5.41) is 38.4. The number of aliphatic hydroxyl groups is 1. The molecular formula is C40H61N5O9S. The van der Waals surface area contributed by atoms with Crippen molar-refractivity contribution in [2.45, 2.75) is 130 Å². The largest absolute Gasteiger partial charge is 0.508 e. The lowest BCUT2D eigenvalue weighted by atomic mass is 9.92. The van der Waals surface area contributed by atoms with E-state index in [0.717, 1.165) is 36.3 Å². The Morgan fingerprint density at radius 1 is 1.04 bits per heavy atom. The van der Waals surface area contributed by atoms with E-state index in [0.29, 0.717) is 25.7 Å². The highest BCUT2D eigenvalue weighted by Crippen LogP contribution is 2.29. The summed E-state index contributed by atoms with van der Waals surface area (Å²) in [4.78, 5) is 73.7. The second-order valence-electron chi connectivity index (χ2n) is 15.2. The maximum absolute atomic E-state index is 14.5. The van der Waals surface area contributed by atoms with Crippen molar-refractivity contribution >= 4 is 41.0 Å². The maximum atomic E-state index is 14.5. The van der Waals surface area contributed by atoms with Gasteiger partial charge in [-0.3, -0.25) is 28.9 Å². The first-order valence-electron chi connectivity index (χ1n) is 19.5. The second-order valence-corrected chi connectivity index (χ2v) is 16.1. The Balaban J connectivity index is 1.85. The molecule has 2 aromatic rings. The topological polar surface area (TPSA) is 199 Å². The summed E-state index contributed by atoms with van der Waals surface area (Å²) in [7, 11) is 1.91. The number of likely N-dealkylation sites (N-methyl/N-ethyl adjacent to an activating group) is 1. The zero-order chi connectivity index (χ0) is 40.8. The van der Waals surface area contributed by atoms with E-state index in [-0.39, 0.29) is 66.2 Å². The zero-order valence-corrected chi connectivity index (χ0v) is 34.1. The molecule has 1 aromatic heterocycles. The number of esters is 1. The standard InChI is InChI=1S/C40H61N5O9S/c1-8-12-34(48)54-23-45(39(51)35(25(5)9-2)43-37(50)31-13-10-11-18-44(31)7)32(24(3)4)21-33(47)38-42-30(22-55-38)36(49)41-28(19-26(6)40(52)53)20-27-14-16-29(46)17-15-27/h14-17,22,24-26,28,31-33,35,46-47H,8-13,18-21,23H2,1-7H3,(H,41,49)(H,43,50)(H,52,53)/t25-,26-,28+,31+,32+,33+,35-/m0/s1. The number of ether oxygens (including phenoxy) is 1. The molecule has 1 aromatic carbocycles. The third-order valence-electron chi connectivity index (χ3n) is 10.4. The van der Waals surface area contributed by atoms with Gasteiger partial charge in [0.15, 0.2) is 6.73 Å². The third-order valence-corrected chi connectivity index (χ3v) is 11.4. The van der Waals surface area contributed by atoms with E-state index in [9.17, 15) is 39.3 Å². The Labute approximate surface area is 329 Å². The molecule has 0 radical (unpaired) electrons. The normalized spacial score (nSPS) is 18.0. The Morgan fingerprint density at radius 2 is 1.73 bits per heavy atom. The molecule has 306 valence electrons. The van der Waals surface area contributed by atoms with Gasteiger partial charge in [-0.25, -0.2) is 4.98 Å². The molecule has 7 atom stereocenters. The molecule has 1 aliphatic heterocycles. The van der Waals surface area contributed by atoms with E-state index in [1.807, 2.05) is 46.6 Å². The molecule has 55 heavy (non-hydrogen) atoms. The number of likely N-dealkylation sites (tertiary alicyclic amines) is 1. The van der Waals surface area contributed by atoms with Crippen molar-refractivity contribution in [1.82, 2.24) is 25.4 Å². The number of carbonyl (C=O) groups excluding carboxylic acids is 4. The molecule has 1 fully saturated rings. The minimum atomic E-state index is -1.20. The van der Waals surface area contributed by atoms with Crippen molar-refractivity contribution in [3.63, 3.8) is 0 Å². The van der Waals surface area contributed by atoms with Crippen LogP contribution in [0.3, 0.4) is 0 Å². The number of carbonyl (C=O) groups is 5. The van der Waals surface area contributed by atoms with Crippen LogP contribution in [0.1, 0.15) is 120 Å². The summed E-state index contributed by atoms with van der Waals surface area (Å²) in [6.07, 6.45) is 3.23. The predicted octanol–water partition coefficient (Wildman–Crippen LogP) is 4.89. The van der Waals surface area contributed by atoms with Gasteiger partial charge in [-0.1, -0.05) is 66.5 Å². The number of carboxylic acids is 1. The highest BCUT2D eigenvalue weighted by Gasteiger charge is 2.38. The predicted molar refractivity (Wildman–Crippen MR) is 209 cm³/mol.